The molecule has 0 fully saturated rings. The Labute approximate surface area is 203 Å². The summed E-state index contributed by atoms with van der Waals surface area (Å²) in [5.74, 6) is 0.290. The molecular formula is C24H25N5O5S. The second kappa shape index (κ2) is 9.40. The number of benzene rings is 1. The Morgan fingerprint density at radius 1 is 1.26 bits per heavy atom. The van der Waals surface area contributed by atoms with E-state index in [9.17, 15) is 18.5 Å². The maximum Gasteiger partial charge on any atom is 0.343 e. The molecule has 0 saturated heterocycles. The van der Waals surface area contributed by atoms with Crippen molar-refractivity contribution in [3.05, 3.63) is 65.4 Å². The number of ether oxygens (including phenoxy) is 1. The van der Waals surface area contributed by atoms with Crippen LogP contribution in [0.4, 0.5) is 0 Å². The zero-order chi connectivity index (χ0) is 25.3. The Morgan fingerprint density at radius 2 is 1.97 bits per heavy atom. The topological polar surface area (TPSA) is 123 Å². The molecule has 0 amide bonds. The van der Waals surface area contributed by atoms with E-state index in [-0.39, 0.29) is 34.3 Å². The third-order valence-corrected chi connectivity index (χ3v) is 7.39. The normalized spacial score (nSPS) is 11.8. The summed E-state index contributed by atoms with van der Waals surface area (Å²) in [6.07, 6.45) is 4.22. The Kier molecular flexibility index (Phi) is 6.51. The van der Waals surface area contributed by atoms with E-state index in [0.717, 1.165) is 16.2 Å². The zero-order valence-corrected chi connectivity index (χ0v) is 20.7. The van der Waals surface area contributed by atoms with E-state index in [2.05, 4.69) is 4.98 Å². The number of hydrogen-bond acceptors (Lipinski definition) is 7. The number of rotatable bonds is 8. The zero-order valence-electron chi connectivity index (χ0n) is 19.8. The fraction of sp³-hybridized carbons (Fsp3) is 0.292. The molecule has 0 atom stereocenters. The molecule has 0 aliphatic rings. The first-order valence-electron chi connectivity index (χ1n) is 10.9. The number of aromatic nitrogens is 3. The van der Waals surface area contributed by atoms with E-state index in [4.69, 9.17) is 9.15 Å². The first-order chi connectivity index (χ1) is 16.7. The minimum Gasteiger partial charge on any atom is -0.454 e. The van der Waals surface area contributed by atoms with Crippen LogP contribution in [0.3, 0.4) is 0 Å². The van der Waals surface area contributed by atoms with Gasteiger partial charge in [-0.15, -0.1) is 0 Å². The Bertz CT molecular complexity index is 1540. The summed E-state index contributed by atoms with van der Waals surface area (Å²) < 4.78 is 40.9. The van der Waals surface area contributed by atoms with Gasteiger partial charge in [0.1, 0.15) is 35.4 Å². The average Bonchev–Trinajstić information content (AvgIpc) is 3.54. The average molecular weight is 496 g/mol. The van der Waals surface area contributed by atoms with Gasteiger partial charge in [0.25, 0.3) is 0 Å². The first kappa shape index (κ1) is 24.3. The van der Waals surface area contributed by atoms with Crippen LogP contribution in [-0.2, 0) is 27.9 Å². The molecule has 3 heterocycles. The van der Waals surface area contributed by atoms with E-state index < -0.39 is 16.0 Å². The van der Waals surface area contributed by atoms with Crippen molar-refractivity contribution < 1.29 is 22.4 Å². The first-order valence-corrected chi connectivity index (χ1v) is 12.4. The van der Waals surface area contributed by atoms with Crippen LogP contribution < -0.4 is 0 Å². The van der Waals surface area contributed by atoms with Gasteiger partial charge >= 0.3 is 5.97 Å². The van der Waals surface area contributed by atoms with Gasteiger partial charge in [0.15, 0.2) is 0 Å². The number of nitrogens with zero attached hydrogens (tertiary/aromatic N) is 5. The van der Waals surface area contributed by atoms with Crippen LogP contribution >= 0.6 is 0 Å². The van der Waals surface area contributed by atoms with E-state index in [1.165, 1.54) is 26.2 Å². The summed E-state index contributed by atoms with van der Waals surface area (Å²) >= 11 is 0. The second-order valence-electron chi connectivity index (χ2n) is 8.11. The van der Waals surface area contributed by atoms with Crippen molar-refractivity contribution in [2.45, 2.75) is 38.3 Å². The van der Waals surface area contributed by atoms with Crippen LogP contribution in [0.15, 0.2) is 52.0 Å². The van der Waals surface area contributed by atoms with Gasteiger partial charge in [-0.05, 0) is 43.7 Å². The summed E-state index contributed by atoms with van der Waals surface area (Å²) in [6.45, 7) is 4.06. The van der Waals surface area contributed by atoms with Crippen molar-refractivity contribution in [3.8, 4) is 12.0 Å². The SMILES string of the molecule is CCCn1c(COC(=O)c2c(C)oc(-n3cccc3)c2C#N)nc2cc(S(=O)(=O)N(C)C)ccc21. The van der Waals surface area contributed by atoms with Crippen molar-refractivity contribution >= 4 is 27.0 Å². The monoisotopic (exact) mass is 495 g/mol. The third-order valence-electron chi connectivity index (χ3n) is 5.58. The van der Waals surface area contributed by atoms with Crippen LogP contribution in [0.2, 0.25) is 0 Å². The number of esters is 1. The molecule has 0 saturated carbocycles. The quantitative estimate of drug-likeness (QED) is 0.342. The third kappa shape index (κ3) is 4.34. The highest BCUT2D eigenvalue weighted by atomic mass is 32.2. The molecule has 4 rings (SSSR count). The Balaban J connectivity index is 1.66. The lowest BCUT2D eigenvalue weighted by Crippen LogP contribution is -2.22. The molecule has 0 spiro atoms. The lowest BCUT2D eigenvalue weighted by atomic mass is 10.1. The number of hydrogen-bond donors (Lipinski definition) is 0. The van der Waals surface area contributed by atoms with Crippen molar-refractivity contribution in [1.29, 1.82) is 5.26 Å². The second-order valence-corrected chi connectivity index (χ2v) is 10.3. The van der Waals surface area contributed by atoms with Crippen LogP contribution in [-0.4, -0.2) is 46.9 Å². The molecule has 10 nitrogen and oxygen atoms in total. The fourth-order valence-corrected chi connectivity index (χ4v) is 4.77. The molecule has 0 bridgehead atoms. The molecule has 0 unspecified atom stereocenters. The van der Waals surface area contributed by atoms with E-state index in [0.29, 0.717) is 17.9 Å². The highest BCUT2D eigenvalue weighted by Crippen LogP contribution is 2.27. The Hall–Kier alpha value is -3.88. The van der Waals surface area contributed by atoms with E-state index >= 15 is 0 Å². The largest absolute Gasteiger partial charge is 0.454 e. The molecule has 0 aliphatic carbocycles. The standard InChI is InChI=1S/C24H25N5O5S/c1-5-10-29-20-9-8-17(35(31,32)27(3)4)13-19(20)26-21(29)15-33-24(30)22-16(2)34-23(18(22)14-25)28-11-6-7-12-28/h6-9,11-13H,5,10,15H2,1-4H3. The molecule has 0 radical (unpaired) electrons. The maximum absolute atomic E-state index is 13.0. The van der Waals surface area contributed by atoms with Crippen LogP contribution in [0.25, 0.3) is 16.9 Å². The molecule has 3 aromatic heterocycles. The lowest BCUT2D eigenvalue weighted by Gasteiger charge is -2.11. The predicted molar refractivity (Wildman–Crippen MR) is 128 cm³/mol. The highest BCUT2D eigenvalue weighted by Gasteiger charge is 2.26. The molecule has 11 heteroatoms. The van der Waals surface area contributed by atoms with Gasteiger partial charge in [0.05, 0.1) is 15.9 Å². The molecule has 35 heavy (non-hydrogen) atoms. The molecule has 0 aliphatic heterocycles. The van der Waals surface area contributed by atoms with Crippen molar-refractivity contribution in [1.82, 2.24) is 18.4 Å². The number of sulfonamides is 1. The fourth-order valence-electron chi connectivity index (χ4n) is 3.85. The van der Waals surface area contributed by atoms with E-state index in [1.54, 1.807) is 42.1 Å². The smallest absolute Gasteiger partial charge is 0.343 e. The van der Waals surface area contributed by atoms with Gasteiger partial charge < -0.3 is 13.7 Å². The van der Waals surface area contributed by atoms with Crippen LogP contribution in [0.1, 0.15) is 40.9 Å². The minimum atomic E-state index is -3.62. The van der Waals surface area contributed by atoms with Gasteiger partial charge in [0, 0.05) is 33.0 Å². The summed E-state index contributed by atoms with van der Waals surface area (Å²) in [7, 11) is -0.684. The molecule has 4 aromatic rings. The number of furan rings is 1. The van der Waals surface area contributed by atoms with Crippen molar-refractivity contribution in [3.63, 3.8) is 0 Å². The van der Waals surface area contributed by atoms with Gasteiger partial charge in [0.2, 0.25) is 15.9 Å². The van der Waals surface area contributed by atoms with Gasteiger partial charge in [-0.3, -0.25) is 4.57 Å². The maximum atomic E-state index is 13.0. The van der Waals surface area contributed by atoms with Crippen molar-refractivity contribution in [2.75, 3.05) is 14.1 Å². The molecule has 0 N–H and O–H groups in total. The predicted octanol–water partition coefficient (Wildman–Crippen LogP) is 3.62. The van der Waals surface area contributed by atoms with Gasteiger partial charge in [-0.2, -0.15) is 5.26 Å². The molecule has 182 valence electrons. The number of fused-ring (bicyclic) bond motifs is 1. The summed E-state index contributed by atoms with van der Waals surface area (Å²) in [4.78, 5) is 17.7. The van der Waals surface area contributed by atoms with Gasteiger partial charge in [-0.25, -0.2) is 22.5 Å². The number of aryl methyl sites for hydroxylation is 2. The van der Waals surface area contributed by atoms with Crippen LogP contribution in [0, 0.1) is 18.3 Å². The number of carbonyl (C=O) groups is 1. The highest BCUT2D eigenvalue weighted by molar-refractivity contribution is 7.89. The summed E-state index contributed by atoms with van der Waals surface area (Å²) in [5.41, 5.74) is 1.38. The summed E-state index contributed by atoms with van der Waals surface area (Å²) in [5, 5.41) is 9.69. The number of carbonyl (C=O) groups excluding carboxylic acids is 1. The van der Waals surface area contributed by atoms with Crippen molar-refractivity contribution in [2.24, 2.45) is 0 Å². The minimum absolute atomic E-state index is 0.0636. The molecular weight excluding hydrogens is 470 g/mol. The van der Waals surface area contributed by atoms with Gasteiger partial charge in [-0.1, -0.05) is 6.92 Å². The van der Waals surface area contributed by atoms with Crippen LogP contribution in [0.5, 0.6) is 0 Å². The number of nitriles is 1. The number of imidazole rings is 1. The summed E-state index contributed by atoms with van der Waals surface area (Å²) in [6, 6.07) is 10.4. The molecule has 1 aromatic carbocycles. The lowest BCUT2D eigenvalue weighted by molar-refractivity contribution is 0.0456. The Morgan fingerprint density at radius 3 is 2.60 bits per heavy atom. The van der Waals surface area contributed by atoms with E-state index in [1.807, 2.05) is 17.6 Å².